The Morgan fingerprint density at radius 2 is 0.850 bits per heavy atom. The van der Waals surface area contributed by atoms with Gasteiger partial charge in [0, 0.05) is 63.4 Å². The molecule has 0 spiro atoms. The van der Waals surface area contributed by atoms with Gasteiger partial charge in [-0.25, -0.2) is 0 Å². The van der Waals surface area contributed by atoms with Crippen molar-refractivity contribution in [1.29, 1.82) is 0 Å². The third-order valence-electron chi connectivity index (χ3n) is 4.22. The number of hydrogen-bond donors (Lipinski definition) is 6. The van der Waals surface area contributed by atoms with E-state index in [0.717, 1.165) is 52.4 Å². The van der Waals surface area contributed by atoms with Gasteiger partial charge >= 0.3 is 0 Å². The van der Waals surface area contributed by atoms with Crippen molar-refractivity contribution in [3.63, 3.8) is 0 Å². The molecule has 6 N–H and O–H groups in total. The van der Waals surface area contributed by atoms with Gasteiger partial charge in [0.1, 0.15) is 0 Å². The van der Waals surface area contributed by atoms with Crippen LogP contribution in [-0.2, 0) is 0 Å². The highest BCUT2D eigenvalue weighted by Gasteiger charge is 2.22. The fraction of sp³-hybridized carbons (Fsp3) is 1.00. The fourth-order valence-corrected chi connectivity index (χ4v) is 2.29. The Labute approximate surface area is 124 Å². The maximum Gasteiger partial charge on any atom is 0.0401 e. The van der Waals surface area contributed by atoms with Crippen LogP contribution in [0.25, 0.3) is 0 Å². The van der Waals surface area contributed by atoms with Crippen LogP contribution in [0, 0.1) is 0 Å². The van der Waals surface area contributed by atoms with E-state index in [9.17, 15) is 0 Å². The predicted molar refractivity (Wildman–Crippen MR) is 86.4 cm³/mol. The zero-order chi connectivity index (χ0) is 14.9. The van der Waals surface area contributed by atoms with Crippen LogP contribution in [0.1, 0.15) is 13.8 Å². The molecule has 0 aliphatic carbocycles. The van der Waals surface area contributed by atoms with Gasteiger partial charge < -0.3 is 31.9 Å². The summed E-state index contributed by atoms with van der Waals surface area (Å²) in [5.74, 6) is 0. The summed E-state index contributed by atoms with van der Waals surface area (Å²) in [5.41, 5.74) is 0.202. The van der Waals surface area contributed by atoms with Gasteiger partial charge in [0.25, 0.3) is 0 Å². The minimum absolute atomic E-state index is 0.101. The Morgan fingerprint density at radius 3 is 1.05 bits per heavy atom. The molecular formula is C14H34N6. The summed E-state index contributed by atoms with van der Waals surface area (Å²) in [4.78, 5) is 0. The highest BCUT2D eigenvalue weighted by molar-refractivity contribution is 4.89. The highest BCUT2D eigenvalue weighted by Crippen LogP contribution is 2.00. The Bertz CT molecular complexity index is 216. The molecule has 1 fully saturated rings. The monoisotopic (exact) mass is 286 g/mol. The lowest BCUT2D eigenvalue weighted by Gasteiger charge is -2.32. The fourth-order valence-electron chi connectivity index (χ4n) is 2.29. The lowest BCUT2D eigenvalue weighted by Crippen LogP contribution is -2.58. The van der Waals surface area contributed by atoms with Gasteiger partial charge in [-0.05, 0) is 27.9 Å². The molecule has 1 saturated heterocycles. The molecule has 0 saturated carbocycles. The molecule has 20 heavy (non-hydrogen) atoms. The van der Waals surface area contributed by atoms with Crippen molar-refractivity contribution in [2.24, 2.45) is 0 Å². The van der Waals surface area contributed by atoms with Crippen LogP contribution in [-0.4, -0.2) is 77.5 Å². The number of hydrogen-bond acceptors (Lipinski definition) is 6. The first-order chi connectivity index (χ1) is 9.54. The van der Waals surface area contributed by atoms with Gasteiger partial charge in [-0.3, -0.25) is 0 Å². The lowest BCUT2D eigenvalue weighted by atomic mass is 10.0. The van der Waals surface area contributed by atoms with E-state index in [0.29, 0.717) is 0 Å². The molecule has 120 valence electrons. The summed E-state index contributed by atoms with van der Waals surface area (Å²) < 4.78 is 0. The van der Waals surface area contributed by atoms with Gasteiger partial charge in [-0.1, -0.05) is 0 Å². The van der Waals surface area contributed by atoms with Crippen molar-refractivity contribution < 1.29 is 0 Å². The minimum atomic E-state index is 0.101. The van der Waals surface area contributed by atoms with Gasteiger partial charge in [0.2, 0.25) is 0 Å². The van der Waals surface area contributed by atoms with Crippen molar-refractivity contribution >= 4 is 0 Å². The first-order valence-electron chi connectivity index (χ1n) is 7.74. The standard InChI is InChI=1S/C14H34N6/c1-13(15-3)9-17-5-7-19-11-14(2,16-4)12-20-8-6-18-10-13/h15-20H,5-12H2,1-4H3. The maximum atomic E-state index is 3.53. The van der Waals surface area contributed by atoms with E-state index in [1.165, 1.54) is 0 Å². The second-order valence-corrected chi connectivity index (χ2v) is 6.33. The summed E-state index contributed by atoms with van der Waals surface area (Å²) in [6.07, 6.45) is 0. The molecule has 0 atom stereocenters. The molecule has 0 bridgehead atoms. The topological polar surface area (TPSA) is 72.2 Å². The second kappa shape index (κ2) is 8.92. The number of likely N-dealkylation sites (N-methyl/N-ethyl adjacent to an activating group) is 2. The van der Waals surface area contributed by atoms with Gasteiger partial charge in [0.05, 0.1) is 0 Å². The van der Waals surface area contributed by atoms with Crippen LogP contribution in [0.4, 0.5) is 0 Å². The Balaban J connectivity index is 2.45. The molecule has 0 amide bonds. The molecule has 0 aromatic rings. The first kappa shape index (κ1) is 17.8. The average molecular weight is 286 g/mol. The molecule has 1 aliphatic heterocycles. The quantitative estimate of drug-likeness (QED) is 0.364. The van der Waals surface area contributed by atoms with Crippen LogP contribution >= 0.6 is 0 Å². The summed E-state index contributed by atoms with van der Waals surface area (Å²) in [6, 6.07) is 0. The highest BCUT2D eigenvalue weighted by atomic mass is 15.1. The zero-order valence-corrected chi connectivity index (χ0v) is 13.7. The Hall–Kier alpha value is -0.240. The minimum Gasteiger partial charge on any atom is -0.314 e. The molecule has 1 heterocycles. The largest absolute Gasteiger partial charge is 0.314 e. The van der Waals surface area contributed by atoms with Gasteiger partial charge in [0.15, 0.2) is 0 Å². The normalized spacial score (nSPS) is 35.4. The van der Waals surface area contributed by atoms with Crippen LogP contribution in [0.15, 0.2) is 0 Å². The zero-order valence-electron chi connectivity index (χ0n) is 13.7. The predicted octanol–water partition coefficient (Wildman–Crippen LogP) is -1.69. The van der Waals surface area contributed by atoms with Gasteiger partial charge in [-0.15, -0.1) is 0 Å². The third kappa shape index (κ3) is 6.47. The van der Waals surface area contributed by atoms with E-state index in [4.69, 9.17) is 0 Å². The summed E-state index contributed by atoms with van der Waals surface area (Å²) >= 11 is 0. The third-order valence-corrected chi connectivity index (χ3v) is 4.22. The van der Waals surface area contributed by atoms with E-state index in [2.05, 4.69) is 45.7 Å². The molecule has 0 radical (unpaired) electrons. The van der Waals surface area contributed by atoms with Crippen molar-refractivity contribution in [1.82, 2.24) is 31.9 Å². The molecule has 1 aliphatic rings. The second-order valence-electron chi connectivity index (χ2n) is 6.33. The van der Waals surface area contributed by atoms with Crippen molar-refractivity contribution in [2.45, 2.75) is 24.9 Å². The van der Waals surface area contributed by atoms with Crippen LogP contribution in [0.5, 0.6) is 0 Å². The molecule has 1 rings (SSSR count). The van der Waals surface area contributed by atoms with E-state index in [-0.39, 0.29) is 11.1 Å². The summed E-state index contributed by atoms with van der Waals surface area (Å²) in [5, 5.41) is 20.9. The Morgan fingerprint density at radius 1 is 0.600 bits per heavy atom. The molecule has 0 aromatic heterocycles. The van der Waals surface area contributed by atoms with Crippen molar-refractivity contribution in [2.75, 3.05) is 66.5 Å². The van der Waals surface area contributed by atoms with Crippen molar-refractivity contribution in [3.05, 3.63) is 0 Å². The first-order valence-corrected chi connectivity index (χ1v) is 7.74. The molecule has 0 unspecified atom stereocenters. The smallest absolute Gasteiger partial charge is 0.0401 e. The van der Waals surface area contributed by atoms with Crippen LogP contribution < -0.4 is 31.9 Å². The van der Waals surface area contributed by atoms with Gasteiger partial charge in [-0.2, -0.15) is 0 Å². The molecule has 0 aromatic carbocycles. The molecular weight excluding hydrogens is 252 g/mol. The summed E-state index contributed by atoms with van der Waals surface area (Å²) in [6.45, 7) is 12.3. The van der Waals surface area contributed by atoms with Crippen molar-refractivity contribution in [3.8, 4) is 0 Å². The lowest BCUT2D eigenvalue weighted by molar-refractivity contribution is 0.316. The van der Waals surface area contributed by atoms with E-state index < -0.39 is 0 Å². The number of nitrogens with one attached hydrogen (secondary N) is 6. The van der Waals surface area contributed by atoms with E-state index in [1.54, 1.807) is 0 Å². The van der Waals surface area contributed by atoms with Crippen LogP contribution in [0.3, 0.4) is 0 Å². The van der Waals surface area contributed by atoms with Crippen LogP contribution in [0.2, 0.25) is 0 Å². The number of rotatable bonds is 2. The average Bonchev–Trinajstić information content (AvgIpc) is 2.46. The molecule has 6 heteroatoms. The maximum absolute atomic E-state index is 3.53. The SMILES string of the molecule is CNC1(C)CNCCNCC(C)(NC)CNCCNC1. The summed E-state index contributed by atoms with van der Waals surface area (Å²) in [7, 11) is 4.06. The Kier molecular flexibility index (Phi) is 7.94. The molecule has 6 nitrogen and oxygen atoms in total. The van der Waals surface area contributed by atoms with E-state index >= 15 is 0 Å². The van der Waals surface area contributed by atoms with E-state index in [1.807, 2.05) is 14.1 Å².